The molecule has 0 saturated heterocycles. The normalized spacial score (nSPS) is 15.5. The Balaban J connectivity index is 1.65. The molecule has 4 rings (SSSR count). The van der Waals surface area contributed by atoms with Crippen LogP contribution in [0.3, 0.4) is 0 Å². The maximum absolute atomic E-state index is 14.2. The van der Waals surface area contributed by atoms with E-state index >= 15 is 0 Å². The van der Waals surface area contributed by atoms with Gasteiger partial charge >= 0.3 is 6.09 Å². The monoisotopic (exact) mass is 623 g/mol. The Bertz CT molecular complexity index is 1330. The van der Waals surface area contributed by atoms with Crippen molar-refractivity contribution in [3.05, 3.63) is 120 Å². The number of rotatable bonds is 12. The Kier molecular flexibility index (Phi) is 11.8. The van der Waals surface area contributed by atoms with Gasteiger partial charge in [0.25, 0.3) is 0 Å². The average molecular weight is 624 g/mol. The molecule has 1 fully saturated rings. The number of hydrogen-bond acceptors (Lipinski definition) is 4. The molecule has 1 aliphatic rings. The van der Waals surface area contributed by atoms with E-state index in [1.807, 2.05) is 97.1 Å². The van der Waals surface area contributed by atoms with Crippen LogP contribution in [0.2, 0.25) is 0 Å². The minimum Gasteiger partial charge on any atom is -0.444 e. The molecule has 7 heteroatoms. The van der Waals surface area contributed by atoms with Crippen molar-refractivity contribution < 1.29 is 19.1 Å². The second kappa shape index (κ2) is 15.7. The van der Waals surface area contributed by atoms with Crippen molar-refractivity contribution in [3.8, 4) is 0 Å². The SMILES string of the molecule is C=CCC1(CNC(=O)[C@H](CC(=O)NC(c2ccccc2)(c2ccccc2)c2ccccc2)NC(=O)OC(C)(C)C)CCCCCC1. The molecule has 0 radical (unpaired) electrons. The van der Waals surface area contributed by atoms with Crippen molar-refractivity contribution in [2.45, 2.75) is 89.3 Å². The minimum absolute atomic E-state index is 0.0876. The molecule has 1 saturated carbocycles. The molecule has 0 spiro atoms. The highest BCUT2D eigenvalue weighted by molar-refractivity contribution is 5.91. The molecule has 46 heavy (non-hydrogen) atoms. The van der Waals surface area contributed by atoms with E-state index in [1.54, 1.807) is 20.8 Å². The molecule has 0 aromatic heterocycles. The van der Waals surface area contributed by atoms with Crippen molar-refractivity contribution in [2.75, 3.05) is 6.54 Å². The molecule has 0 heterocycles. The first kappa shape index (κ1) is 34.5. The highest BCUT2D eigenvalue weighted by Crippen LogP contribution is 2.38. The van der Waals surface area contributed by atoms with Gasteiger partial charge in [-0.1, -0.05) is 123 Å². The van der Waals surface area contributed by atoms with Crippen LogP contribution in [0.5, 0.6) is 0 Å². The number of hydrogen-bond donors (Lipinski definition) is 3. The van der Waals surface area contributed by atoms with Crippen molar-refractivity contribution in [2.24, 2.45) is 5.41 Å². The smallest absolute Gasteiger partial charge is 0.408 e. The third-order valence-electron chi connectivity index (χ3n) is 8.72. The van der Waals surface area contributed by atoms with Gasteiger partial charge in [0.1, 0.15) is 17.2 Å². The summed E-state index contributed by atoms with van der Waals surface area (Å²) in [6.07, 6.45) is 8.26. The summed E-state index contributed by atoms with van der Waals surface area (Å²) >= 11 is 0. The Morgan fingerprint density at radius 2 is 1.28 bits per heavy atom. The quantitative estimate of drug-likeness (QED) is 0.111. The summed E-state index contributed by atoms with van der Waals surface area (Å²) in [4.78, 5) is 41.0. The van der Waals surface area contributed by atoms with E-state index in [-0.39, 0.29) is 11.8 Å². The highest BCUT2D eigenvalue weighted by atomic mass is 16.6. The van der Waals surface area contributed by atoms with E-state index in [0.717, 1.165) is 48.8 Å². The lowest BCUT2D eigenvalue weighted by Gasteiger charge is -2.37. The van der Waals surface area contributed by atoms with Gasteiger partial charge in [-0.05, 0) is 62.1 Å². The highest BCUT2D eigenvalue weighted by Gasteiger charge is 2.39. The zero-order valence-corrected chi connectivity index (χ0v) is 27.5. The molecule has 0 bridgehead atoms. The number of benzene rings is 3. The number of carbonyl (C=O) groups excluding carboxylic acids is 3. The van der Waals surface area contributed by atoms with Crippen molar-refractivity contribution in [1.29, 1.82) is 0 Å². The molecule has 0 aliphatic heterocycles. The summed E-state index contributed by atoms with van der Waals surface area (Å²) in [6, 6.07) is 28.2. The summed E-state index contributed by atoms with van der Waals surface area (Å²) in [5.41, 5.74) is 0.674. The van der Waals surface area contributed by atoms with Gasteiger partial charge in [-0.2, -0.15) is 0 Å². The summed E-state index contributed by atoms with van der Waals surface area (Å²) in [7, 11) is 0. The molecule has 3 N–H and O–H groups in total. The predicted octanol–water partition coefficient (Wildman–Crippen LogP) is 7.41. The van der Waals surface area contributed by atoms with Gasteiger partial charge in [0.2, 0.25) is 11.8 Å². The van der Waals surface area contributed by atoms with Crippen LogP contribution >= 0.6 is 0 Å². The fraction of sp³-hybridized carbons (Fsp3) is 0.410. The fourth-order valence-corrected chi connectivity index (χ4v) is 6.52. The van der Waals surface area contributed by atoms with Crippen molar-refractivity contribution >= 4 is 17.9 Å². The van der Waals surface area contributed by atoms with Crippen molar-refractivity contribution in [3.63, 3.8) is 0 Å². The van der Waals surface area contributed by atoms with Crippen LogP contribution in [0, 0.1) is 5.41 Å². The number of carbonyl (C=O) groups is 3. The first-order valence-corrected chi connectivity index (χ1v) is 16.4. The van der Waals surface area contributed by atoms with E-state index in [2.05, 4.69) is 22.5 Å². The van der Waals surface area contributed by atoms with Gasteiger partial charge in [-0.15, -0.1) is 6.58 Å². The maximum Gasteiger partial charge on any atom is 0.408 e. The topological polar surface area (TPSA) is 96.5 Å². The molecule has 1 atom stereocenters. The molecular weight excluding hydrogens is 574 g/mol. The fourth-order valence-electron chi connectivity index (χ4n) is 6.52. The molecule has 3 amide bonds. The lowest BCUT2D eigenvalue weighted by Crippen LogP contribution is -2.54. The molecular formula is C39H49N3O4. The lowest BCUT2D eigenvalue weighted by atomic mass is 9.76. The second-order valence-corrected chi connectivity index (χ2v) is 13.4. The van der Waals surface area contributed by atoms with Gasteiger partial charge in [-0.3, -0.25) is 9.59 Å². The first-order valence-electron chi connectivity index (χ1n) is 16.4. The second-order valence-electron chi connectivity index (χ2n) is 13.4. The Labute approximate surface area is 274 Å². The standard InChI is InChI=1S/C39H49N3O4/c1-5-25-38(26-17-6-7-18-27-38)29-40-35(44)33(41-36(45)46-37(2,3)4)28-34(43)42-39(30-19-11-8-12-20-30,31-21-13-9-14-22-31)32-23-15-10-16-24-32/h5,8-16,19-24,33H,1,6-7,17-18,25-29H2,2-4H3,(H,40,44)(H,41,45)(H,42,43)/t33-/m0/s1. The van der Waals surface area contributed by atoms with E-state index in [9.17, 15) is 14.4 Å². The van der Waals surface area contributed by atoms with Crippen LogP contribution in [0.1, 0.15) is 88.8 Å². The summed E-state index contributed by atoms with van der Waals surface area (Å²) < 4.78 is 5.50. The van der Waals surface area contributed by atoms with Crippen molar-refractivity contribution in [1.82, 2.24) is 16.0 Å². The first-order chi connectivity index (χ1) is 22.1. The van der Waals surface area contributed by atoms with E-state index in [4.69, 9.17) is 4.74 Å². The van der Waals surface area contributed by atoms with Gasteiger partial charge in [0, 0.05) is 6.54 Å². The van der Waals surface area contributed by atoms with Gasteiger partial charge in [0.15, 0.2) is 0 Å². The summed E-state index contributed by atoms with van der Waals surface area (Å²) in [5, 5.41) is 9.10. The van der Waals surface area contributed by atoms with Crippen LogP contribution in [-0.2, 0) is 19.9 Å². The number of amides is 3. The Hall–Kier alpha value is -4.39. The predicted molar refractivity (Wildman–Crippen MR) is 183 cm³/mol. The van der Waals surface area contributed by atoms with E-state index < -0.39 is 35.1 Å². The molecule has 3 aromatic carbocycles. The lowest BCUT2D eigenvalue weighted by molar-refractivity contribution is -0.129. The van der Waals surface area contributed by atoms with Crippen LogP contribution < -0.4 is 16.0 Å². The Morgan fingerprint density at radius 1 is 0.804 bits per heavy atom. The minimum atomic E-state index is -1.15. The van der Waals surface area contributed by atoms with E-state index in [1.165, 1.54) is 12.8 Å². The van der Waals surface area contributed by atoms with Gasteiger partial charge < -0.3 is 20.7 Å². The molecule has 0 unspecified atom stereocenters. The molecule has 244 valence electrons. The third-order valence-corrected chi connectivity index (χ3v) is 8.72. The number of ether oxygens (including phenoxy) is 1. The van der Waals surface area contributed by atoms with Crippen LogP contribution in [0.4, 0.5) is 4.79 Å². The Morgan fingerprint density at radius 3 is 1.72 bits per heavy atom. The molecule has 3 aromatic rings. The number of alkyl carbamates (subject to hydrolysis) is 1. The third kappa shape index (κ3) is 9.09. The average Bonchev–Trinajstić information content (AvgIpc) is 3.28. The van der Waals surface area contributed by atoms with Gasteiger partial charge in [0.05, 0.1) is 6.42 Å². The maximum atomic E-state index is 14.2. The van der Waals surface area contributed by atoms with E-state index in [0.29, 0.717) is 6.54 Å². The zero-order chi connectivity index (χ0) is 33.0. The largest absolute Gasteiger partial charge is 0.444 e. The summed E-state index contributed by atoms with van der Waals surface area (Å²) in [6.45, 7) is 9.70. The number of nitrogens with one attached hydrogen (secondary N) is 3. The number of allylic oxidation sites excluding steroid dienone is 1. The van der Waals surface area contributed by atoms with Crippen LogP contribution in [0.15, 0.2) is 104 Å². The van der Waals surface area contributed by atoms with Gasteiger partial charge in [-0.25, -0.2) is 4.79 Å². The summed E-state index contributed by atoms with van der Waals surface area (Å²) in [5.74, 6) is -0.818. The van der Waals surface area contributed by atoms with Crippen LogP contribution in [0.25, 0.3) is 0 Å². The zero-order valence-electron chi connectivity index (χ0n) is 27.5. The molecule has 7 nitrogen and oxygen atoms in total. The van der Waals surface area contributed by atoms with Crippen LogP contribution in [-0.4, -0.2) is 36.1 Å². The molecule has 1 aliphatic carbocycles.